The first kappa shape index (κ1) is 13.2. The first-order chi connectivity index (χ1) is 7.51. The first-order valence-electron chi connectivity index (χ1n) is 5.43. The van der Waals surface area contributed by atoms with E-state index in [1.54, 1.807) is 14.2 Å². The average molecular weight is 223 g/mol. The largest absolute Gasteiger partial charge is 0.352 e. The molecule has 3 nitrogen and oxygen atoms in total. The van der Waals surface area contributed by atoms with Gasteiger partial charge in [0, 0.05) is 14.2 Å². The molecule has 0 aliphatic rings. The lowest BCUT2D eigenvalue weighted by Crippen LogP contribution is -2.49. The van der Waals surface area contributed by atoms with E-state index in [0.717, 1.165) is 6.42 Å². The van der Waals surface area contributed by atoms with Gasteiger partial charge in [0.15, 0.2) is 5.79 Å². The Bertz CT molecular complexity index is 317. The van der Waals surface area contributed by atoms with Crippen molar-refractivity contribution in [3.05, 3.63) is 35.4 Å². The summed E-state index contributed by atoms with van der Waals surface area (Å²) in [5.74, 6) is -0.731. The minimum absolute atomic E-state index is 0.190. The number of hydrogen-bond acceptors (Lipinski definition) is 3. The maximum Gasteiger partial charge on any atom is 0.180 e. The highest BCUT2D eigenvalue weighted by Crippen LogP contribution is 2.18. The summed E-state index contributed by atoms with van der Waals surface area (Å²) in [7, 11) is 3.22. The third-order valence-electron chi connectivity index (χ3n) is 3.06. The van der Waals surface area contributed by atoms with Gasteiger partial charge < -0.3 is 15.2 Å². The third-order valence-corrected chi connectivity index (χ3v) is 3.06. The van der Waals surface area contributed by atoms with Crippen LogP contribution < -0.4 is 5.73 Å². The van der Waals surface area contributed by atoms with Crippen LogP contribution in [0.25, 0.3) is 0 Å². The SMILES string of the molecule is COC(C)(OC)C(N)Cc1ccc(C)cc1. The molecule has 0 saturated heterocycles. The van der Waals surface area contributed by atoms with Crippen molar-refractivity contribution in [1.29, 1.82) is 0 Å². The van der Waals surface area contributed by atoms with Crippen molar-refractivity contribution in [3.8, 4) is 0 Å². The molecule has 0 fully saturated rings. The summed E-state index contributed by atoms with van der Waals surface area (Å²) in [6.07, 6.45) is 0.735. The Morgan fingerprint density at radius 3 is 2.12 bits per heavy atom. The molecule has 2 N–H and O–H groups in total. The molecule has 0 aromatic heterocycles. The van der Waals surface area contributed by atoms with E-state index >= 15 is 0 Å². The van der Waals surface area contributed by atoms with E-state index in [0.29, 0.717) is 0 Å². The predicted octanol–water partition coefficient (Wildman–Crippen LogP) is 1.87. The monoisotopic (exact) mass is 223 g/mol. The van der Waals surface area contributed by atoms with Crippen molar-refractivity contribution in [2.45, 2.75) is 32.1 Å². The van der Waals surface area contributed by atoms with Crippen LogP contribution in [0.5, 0.6) is 0 Å². The second kappa shape index (κ2) is 5.43. The highest BCUT2D eigenvalue weighted by Gasteiger charge is 2.31. The van der Waals surface area contributed by atoms with Crippen LogP contribution in [0.2, 0.25) is 0 Å². The fourth-order valence-electron chi connectivity index (χ4n) is 1.55. The number of rotatable bonds is 5. The van der Waals surface area contributed by atoms with Crippen LogP contribution in [0.3, 0.4) is 0 Å². The number of ether oxygens (including phenoxy) is 2. The lowest BCUT2D eigenvalue weighted by molar-refractivity contribution is -0.206. The predicted molar refractivity (Wildman–Crippen MR) is 65.3 cm³/mol. The maximum atomic E-state index is 6.09. The zero-order valence-corrected chi connectivity index (χ0v) is 10.5. The summed E-state index contributed by atoms with van der Waals surface area (Å²) in [4.78, 5) is 0. The quantitative estimate of drug-likeness (QED) is 0.775. The van der Waals surface area contributed by atoms with Gasteiger partial charge in [0.05, 0.1) is 6.04 Å². The molecule has 3 heteroatoms. The molecule has 1 aromatic rings. The van der Waals surface area contributed by atoms with E-state index in [9.17, 15) is 0 Å². The van der Waals surface area contributed by atoms with Crippen LogP contribution in [-0.2, 0) is 15.9 Å². The molecule has 0 bridgehead atoms. The smallest absolute Gasteiger partial charge is 0.180 e. The van der Waals surface area contributed by atoms with E-state index in [1.165, 1.54) is 11.1 Å². The van der Waals surface area contributed by atoms with Crippen LogP contribution >= 0.6 is 0 Å². The lowest BCUT2D eigenvalue weighted by atomic mass is 9.99. The fraction of sp³-hybridized carbons (Fsp3) is 0.538. The Balaban J connectivity index is 2.70. The lowest BCUT2D eigenvalue weighted by Gasteiger charge is -2.32. The van der Waals surface area contributed by atoms with E-state index in [-0.39, 0.29) is 6.04 Å². The Morgan fingerprint density at radius 2 is 1.69 bits per heavy atom. The maximum absolute atomic E-state index is 6.09. The highest BCUT2D eigenvalue weighted by molar-refractivity contribution is 5.22. The average Bonchev–Trinajstić information content (AvgIpc) is 2.31. The number of hydrogen-bond donors (Lipinski definition) is 1. The van der Waals surface area contributed by atoms with Gasteiger partial charge >= 0.3 is 0 Å². The molecule has 0 aliphatic heterocycles. The second-order valence-corrected chi connectivity index (χ2v) is 4.22. The number of benzene rings is 1. The topological polar surface area (TPSA) is 44.5 Å². The second-order valence-electron chi connectivity index (χ2n) is 4.22. The molecule has 1 aromatic carbocycles. The molecular weight excluding hydrogens is 202 g/mol. The summed E-state index contributed by atoms with van der Waals surface area (Å²) in [5, 5.41) is 0. The zero-order chi connectivity index (χ0) is 12.2. The minimum atomic E-state index is -0.731. The van der Waals surface area contributed by atoms with Gasteiger partial charge in [-0.05, 0) is 25.8 Å². The van der Waals surface area contributed by atoms with Crippen molar-refractivity contribution < 1.29 is 9.47 Å². The molecule has 0 spiro atoms. The van der Waals surface area contributed by atoms with Crippen molar-refractivity contribution in [2.75, 3.05) is 14.2 Å². The van der Waals surface area contributed by atoms with E-state index in [2.05, 4.69) is 31.2 Å². The molecule has 1 rings (SSSR count). The Kier molecular flexibility index (Phi) is 4.47. The van der Waals surface area contributed by atoms with Crippen LogP contribution in [0.1, 0.15) is 18.1 Å². The van der Waals surface area contributed by atoms with Crippen LogP contribution in [0, 0.1) is 6.92 Å². The van der Waals surface area contributed by atoms with Crippen molar-refractivity contribution >= 4 is 0 Å². The van der Waals surface area contributed by atoms with Gasteiger partial charge in [-0.2, -0.15) is 0 Å². The standard InChI is InChI=1S/C13H21NO2/c1-10-5-7-11(8-6-10)9-12(14)13(2,15-3)16-4/h5-8,12H,9,14H2,1-4H3. The summed E-state index contributed by atoms with van der Waals surface area (Å²) in [5.41, 5.74) is 8.53. The van der Waals surface area contributed by atoms with Gasteiger partial charge in [0.25, 0.3) is 0 Å². The van der Waals surface area contributed by atoms with Gasteiger partial charge in [-0.15, -0.1) is 0 Å². The third kappa shape index (κ3) is 3.04. The molecular formula is C13H21NO2. The molecule has 0 saturated carbocycles. The normalized spacial score (nSPS) is 13.8. The van der Waals surface area contributed by atoms with E-state index in [1.807, 2.05) is 6.92 Å². The van der Waals surface area contributed by atoms with Gasteiger partial charge in [0.2, 0.25) is 0 Å². The summed E-state index contributed by atoms with van der Waals surface area (Å²) < 4.78 is 10.6. The van der Waals surface area contributed by atoms with E-state index < -0.39 is 5.79 Å². The number of aryl methyl sites for hydroxylation is 1. The Hall–Kier alpha value is -0.900. The molecule has 0 radical (unpaired) electrons. The zero-order valence-electron chi connectivity index (χ0n) is 10.5. The van der Waals surface area contributed by atoms with Gasteiger partial charge in [-0.3, -0.25) is 0 Å². The van der Waals surface area contributed by atoms with Crippen molar-refractivity contribution in [3.63, 3.8) is 0 Å². The van der Waals surface area contributed by atoms with E-state index in [4.69, 9.17) is 15.2 Å². The molecule has 0 amide bonds. The molecule has 1 unspecified atom stereocenters. The molecule has 0 heterocycles. The summed E-state index contributed by atoms with van der Waals surface area (Å²) in [6, 6.07) is 8.14. The van der Waals surface area contributed by atoms with Gasteiger partial charge in [-0.25, -0.2) is 0 Å². The Labute approximate surface area is 97.6 Å². The molecule has 90 valence electrons. The molecule has 0 aliphatic carbocycles. The Morgan fingerprint density at radius 1 is 1.19 bits per heavy atom. The van der Waals surface area contributed by atoms with Crippen molar-refractivity contribution in [2.24, 2.45) is 5.73 Å². The molecule has 16 heavy (non-hydrogen) atoms. The number of methoxy groups -OCH3 is 2. The number of nitrogens with two attached hydrogens (primary N) is 1. The highest BCUT2D eigenvalue weighted by atomic mass is 16.7. The van der Waals surface area contributed by atoms with Gasteiger partial charge in [0.1, 0.15) is 0 Å². The van der Waals surface area contributed by atoms with Crippen LogP contribution in [-0.4, -0.2) is 26.0 Å². The molecule has 1 atom stereocenters. The van der Waals surface area contributed by atoms with Crippen LogP contribution in [0.4, 0.5) is 0 Å². The van der Waals surface area contributed by atoms with Gasteiger partial charge in [-0.1, -0.05) is 29.8 Å². The summed E-state index contributed by atoms with van der Waals surface area (Å²) >= 11 is 0. The van der Waals surface area contributed by atoms with Crippen LogP contribution in [0.15, 0.2) is 24.3 Å². The fourth-order valence-corrected chi connectivity index (χ4v) is 1.55. The minimum Gasteiger partial charge on any atom is -0.352 e. The van der Waals surface area contributed by atoms with Crippen molar-refractivity contribution in [1.82, 2.24) is 0 Å². The summed E-state index contributed by atoms with van der Waals surface area (Å²) in [6.45, 7) is 3.92. The first-order valence-corrected chi connectivity index (χ1v) is 5.43.